The number of hydrogen-bond donors (Lipinski definition) is 2. The van der Waals surface area contributed by atoms with Gasteiger partial charge in [-0.05, 0) is 24.5 Å². The summed E-state index contributed by atoms with van der Waals surface area (Å²) in [6.45, 7) is 5.68. The fraction of sp³-hybridized carbons (Fsp3) is 0.500. The molecule has 3 rings (SSSR count). The van der Waals surface area contributed by atoms with Crippen LogP contribution in [0.15, 0.2) is 17.7 Å². The monoisotopic (exact) mass is 344 g/mol. The molecular formula is C20H24O5. The zero-order valence-corrected chi connectivity index (χ0v) is 15.1. The molecule has 0 unspecified atom stereocenters. The Kier molecular flexibility index (Phi) is 3.93. The van der Waals surface area contributed by atoms with Crippen LogP contribution >= 0.6 is 0 Å². The first-order valence-electron chi connectivity index (χ1n) is 8.47. The molecule has 1 fully saturated rings. The van der Waals surface area contributed by atoms with Crippen LogP contribution in [0.25, 0.3) is 0 Å². The number of methoxy groups -OCH3 is 1. The number of phenolic OH excluding ortho intramolecular Hbond substituents is 1. The molecule has 1 saturated carbocycles. The van der Waals surface area contributed by atoms with E-state index >= 15 is 0 Å². The van der Waals surface area contributed by atoms with Gasteiger partial charge in [0.2, 0.25) is 0 Å². The molecule has 0 amide bonds. The molecule has 0 radical (unpaired) electrons. The largest absolute Gasteiger partial charge is 0.504 e. The van der Waals surface area contributed by atoms with Crippen molar-refractivity contribution in [3.05, 3.63) is 34.4 Å². The number of ether oxygens (including phenoxy) is 1. The third-order valence-electron chi connectivity index (χ3n) is 5.78. The minimum absolute atomic E-state index is 0.0658. The minimum Gasteiger partial charge on any atom is -0.504 e. The molecule has 0 aromatic heterocycles. The number of aromatic hydroxyl groups is 1. The maximum absolute atomic E-state index is 12.5. The van der Waals surface area contributed by atoms with Crippen molar-refractivity contribution in [2.24, 2.45) is 5.41 Å². The second-order valence-electron chi connectivity index (χ2n) is 7.78. The van der Waals surface area contributed by atoms with Crippen molar-refractivity contribution < 1.29 is 24.5 Å². The fourth-order valence-electron chi connectivity index (χ4n) is 4.89. The number of carboxylic acid groups (broad SMARTS) is 1. The van der Waals surface area contributed by atoms with Gasteiger partial charge in [-0.3, -0.25) is 9.59 Å². The number of allylic oxidation sites excluding steroid dienone is 2. The number of ketones is 1. The lowest BCUT2D eigenvalue weighted by atomic mass is 9.53. The Morgan fingerprint density at radius 2 is 2.00 bits per heavy atom. The molecule has 0 aliphatic heterocycles. The minimum atomic E-state index is -0.897. The molecule has 0 bridgehead atoms. The van der Waals surface area contributed by atoms with Crippen molar-refractivity contribution in [2.45, 2.75) is 51.9 Å². The van der Waals surface area contributed by atoms with Gasteiger partial charge in [0.25, 0.3) is 0 Å². The van der Waals surface area contributed by atoms with E-state index in [-0.39, 0.29) is 24.4 Å². The van der Waals surface area contributed by atoms with Gasteiger partial charge in [0.15, 0.2) is 11.5 Å². The number of aryl methyl sites for hydroxylation is 1. The highest BCUT2D eigenvalue weighted by Crippen LogP contribution is 2.57. The average Bonchev–Trinajstić information content (AvgIpc) is 2.47. The number of phenols is 1. The molecule has 0 heterocycles. The van der Waals surface area contributed by atoms with E-state index in [0.29, 0.717) is 24.2 Å². The second-order valence-corrected chi connectivity index (χ2v) is 7.78. The van der Waals surface area contributed by atoms with E-state index in [2.05, 4.69) is 0 Å². The Balaban J connectivity index is 2.23. The molecule has 134 valence electrons. The van der Waals surface area contributed by atoms with E-state index in [4.69, 9.17) is 4.74 Å². The van der Waals surface area contributed by atoms with Crippen LogP contribution < -0.4 is 4.74 Å². The Hall–Kier alpha value is -2.30. The summed E-state index contributed by atoms with van der Waals surface area (Å²) in [7, 11) is 1.52. The van der Waals surface area contributed by atoms with Crippen molar-refractivity contribution in [1.29, 1.82) is 0 Å². The van der Waals surface area contributed by atoms with Crippen LogP contribution in [0.4, 0.5) is 0 Å². The van der Waals surface area contributed by atoms with Gasteiger partial charge in [0, 0.05) is 29.2 Å². The lowest BCUT2D eigenvalue weighted by molar-refractivity contribution is -0.140. The van der Waals surface area contributed by atoms with E-state index in [0.717, 1.165) is 16.7 Å². The van der Waals surface area contributed by atoms with E-state index in [1.807, 2.05) is 26.0 Å². The van der Waals surface area contributed by atoms with Gasteiger partial charge in [-0.2, -0.15) is 0 Å². The molecule has 0 spiro atoms. The summed E-state index contributed by atoms with van der Waals surface area (Å²) in [5.41, 5.74) is 2.29. The number of carbonyl (C=O) groups is 2. The van der Waals surface area contributed by atoms with Crippen LogP contribution in [0.1, 0.15) is 49.8 Å². The van der Waals surface area contributed by atoms with E-state index in [1.165, 1.54) is 7.11 Å². The summed E-state index contributed by atoms with van der Waals surface area (Å²) in [6, 6.07) is 1.92. The summed E-state index contributed by atoms with van der Waals surface area (Å²) in [5.74, 6) is -0.256. The molecule has 1 aromatic rings. The van der Waals surface area contributed by atoms with Gasteiger partial charge in [-0.25, -0.2) is 0 Å². The smallest absolute Gasteiger partial charge is 0.304 e. The van der Waals surface area contributed by atoms with Crippen molar-refractivity contribution in [3.63, 3.8) is 0 Å². The van der Waals surface area contributed by atoms with Crippen molar-refractivity contribution in [1.82, 2.24) is 0 Å². The standard InChI is InChI=1S/C20H24O5/c1-11-7-14-13(18(25-4)17(11)24)5-6-15-19(2,10-16(22)23)8-12(21)9-20(14,15)3/h6-7,24H,5,8-10H2,1-4H3,(H,22,23)/t19-,20-/m0/s1. The lowest BCUT2D eigenvalue weighted by Gasteiger charge is -2.49. The lowest BCUT2D eigenvalue weighted by Crippen LogP contribution is -2.46. The third-order valence-corrected chi connectivity index (χ3v) is 5.78. The summed E-state index contributed by atoms with van der Waals surface area (Å²) in [4.78, 5) is 23.9. The highest BCUT2D eigenvalue weighted by Gasteiger charge is 2.51. The number of benzene rings is 1. The first-order valence-corrected chi connectivity index (χ1v) is 8.47. The Morgan fingerprint density at radius 3 is 2.60 bits per heavy atom. The van der Waals surface area contributed by atoms with Crippen LogP contribution in [0, 0.1) is 12.3 Å². The van der Waals surface area contributed by atoms with Gasteiger partial charge in [-0.15, -0.1) is 0 Å². The normalized spacial score (nSPS) is 28.0. The molecular weight excluding hydrogens is 320 g/mol. The van der Waals surface area contributed by atoms with E-state index < -0.39 is 16.8 Å². The molecule has 1 aromatic carbocycles. The van der Waals surface area contributed by atoms with Gasteiger partial charge < -0.3 is 14.9 Å². The summed E-state index contributed by atoms with van der Waals surface area (Å²) in [6.07, 6.45) is 3.12. The zero-order chi connectivity index (χ0) is 18.6. The number of carbonyl (C=O) groups excluding carboxylic acids is 1. The maximum atomic E-state index is 12.5. The predicted molar refractivity (Wildman–Crippen MR) is 93.1 cm³/mol. The van der Waals surface area contributed by atoms with Crippen LogP contribution in [0.3, 0.4) is 0 Å². The molecule has 2 N–H and O–H groups in total. The highest BCUT2D eigenvalue weighted by molar-refractivity contribution is 5.86. The number of fused-ring (bicyclic) bond motifs is 3. The van der Waals surface area contributed by atoms with Gasteiger partial charge in [0.05, 0.1) is 13.5 Å². The first-order chi connectivity index (χ1) is 11.6. The average molecular weight is 344 g/mol. The van der Waals surface area contributed by atoms with Crippen LogP contribution in [0.5, 0.6) is 11.5 Å². The quantitative estimate of drug-likeness (QED) is 0.822. The third kappa shape index (κ3) is 2.53. The fourth-order valence-corrected chi connectivity index (χ4v) is 4.89. The maximum Gasteiger partial charge on any atom is 0.304 e. The topological polar surface area (TPSA) is 83.8 Å². The number of rotatable bonds is 3. The molecule has 2 aliphatic carbocycles. The summed E-state index contributed by atoms with van der Waals surface area (Å²) in [5, 5.41) is 19.7. The molecule has 2 aliphatic rings. The molecule has 2 atom stereocenters. The number of Topliss-reactive ketones (excluding diaryl/α,β-unsaturated/α-hetero) is 1. The first kappa shape index (κ1) is 17.5. The Labute approximate surface area is 147 Å². The predicted octanol–water partition coefficient (Wildman–Crippen LogP) is 3.29. The van der Waals surface area contributed by atoms with E-state index in [1.54, 1.807) is 6.92 Å². The van der Waals surface area contributed by atoms with Crippen LogP contribution in [-0.2, 0) is 21.4 Å². The number of aliphatic carboxylic acids is 1. The summed E-state index contributed by atoms with van der Waals surface area (Å²) < 4.78 is 5.43. The van der Waals surface area contributed by atoms with Crippen LogP contribution in [-0.4, -0.2) is 29.1 Å². The number of carboxylic acids is 1. The molecule has 0 saturated heterocycles. The SMILES string of the molecule is COc1c(O)c(C)cc2c1CC=C1[C@](C)(CC(=O)O)CC(=O)C[C@]12C. The summed E-state index contributed by atoms with van der Waals surface area (Å²) >= 11 is 0. The van der Waals surface area contributed by atoms with Gasteiger partial charge >= 0.3 is 5.97 Å². The Bertz CT molecular complexity index is 803. The van der Waals surface area contributed by atoms with Crippen molar-refractivity contribution in [2.75, 3.05) is 7.11 Å². The van der Waals surface area contributed by atoms with Crippen LogP contribution in [0.2, 0.25) is 0 Å². The van der Waals surface area contributed by atoms with E-state index in [9.17, 15) is 19.8 Å². The van der Waals surface area contributed by atoms with Gasteiger partial charge in [-0.1, -0.05) is 31.6 Å². The number of hydrogen-bond acceptors (Lipinski definition) is 4. The second kappa shape index (κ2) is 5.61. The Morgan fingerprint density at radius 1 is 1.32 bits per heavy atom. The highest BCUT2D eigenvalue weighted by atomic mass is 16.5. The molecule has 5 nitrogen and oxygen atoms in total. The van der Waals surface area contributed by atoms with Gasteiger partial charge in [0.1, 0.15) is 5.78 Å². The molecule has 25 heavy (non-hydrogen) atoms. The zero-order valence-electron chi connectivity index (χ0n) is 15.1. The van der Waals surface area contributed by atoms with Crippen molar-refractivity contribution in [3.8, 4) is 11.5 Å². The van der Waals surface area contributed by atoms with Crippen molar-refractivity contribution >= 4 is 11.8 Å². The molecule has 5 heteroatoms.